The van der Waals surface area contributed by atoms with Gasteiger partial charge in [-0.1, -0.05) is 0 Å². The number of hydrogen-bond donors (Lipinski definition) is 3. The van der Waals surface area contributed by atoms with Gasteiger partial charge in [0.2, 0.25) is 17.7 Å². The number of benzene rings is 1. The summed E-state index contributed by atoms with van der Waals surface area (Å²) in [6.45, 7) is 6.57. The zero-order chi connectivity index (χ0) is 26.0. The van der Waals surface area contributed by atoms with E-state index in [4.69, 9.17) is 9.47 Å². The lowest BCUT2D eigenvalue weighted by Crippen LogP contribution is -2.55. The van der Waals surface area contributed by atoms with Gasteiger partial charge in [0, 0.05) is 43.7 Å². The Bertz CT molecular complexity index is 1000. The summed E-state index contributed by atoms with van der Waals surface area (Å²) in [7, 11) is 0. The van der Waals surface area contributed by atoms with Crippen LogP contribution in [0.5, 0.6) is 5.75 Å². The van der Waals surface area contributed by atoms with Crippen molar-refractivity contribution in [2.24, 2.45) is 11.8 Å². The number of carbonyl (C=O) groups excluding carboxylic acids is 3. The highest BCUT2D eigenvalue weighted by molar-refractivity contribution is 8.02. The highest BCUT2D eigenvalue weighted by Crippen LogP contribution is 2.66. The van der Waals surface area contributed by atoms with Crippen molar-refractivity contribution in [3.63, 3.8) is 0 Å². The molecule has 4 fully saturated rings. The monoisotopic (exact) mass is 532 g/mol. The number of morpholine rings is 1. The third kappa shape index (κ3) is 4.94. The van der Waals surface area contributed by atoms with Crippen molar-refractivity contribution < 1.29 is 29.0 Å². The SMILES string of the molecule is CCOc1ccc(NC(=O)[C@@H]2[C@@H]3CCC4(S3)C(C(=O)NCCN3CCOCC3)N(CCO)C(=O)[C@H]24)cc1. The molecule has 11 heteroatoms. The fourth-order valence-corrected chi connectivity index (χ4v) is 8.61. The zero-order valence-electron chi connectivity index (χ0n) is 21.2. The van der Waals surface area contributed by atoms with E-state index in [1.807, 2.05) is 6.92 Å². The van der Waals surface area contributed by atoms with Gasteiger partial charge in [0.1, 0.15) is 11.8 Å². The number of fused-ring (bicyclic) bond motifs is 1. The van der Waals surface area contributed by atoms with E-state index in [1.54, 1.807) is 36.0 Å². The number of nitrogens with zero attached hydrogens (tertiary/aromatic N) is 2. The summed E-state index contributed by atoms with van der Waals surface area (Å²) in [4.78, 5) is 44.5. The van der Waals surface area contributed by atoms with E-state index in [9.17, 15) is 19.5 Å². The number of thioether (sulfide) groups is 1. The molecule has 2 unspecified atom stereocenters. The summed E-state index contributed by atoms with van der Waals surface area (Å²) < 4.78 is 10.2. The Morgan fingerprint density at radius 3 is 2.65 bits per heavy atom. The van der Waals surface area contributed by atoms with E-state index < -0.39 is 22.6 Å². The summed E-state index contributed by atoms with van der Waals surface area (Å²) in [6.07, 6.45) is 1.48. The largest absolute Gasteiger partial charge is 0.494 e. The fraction of sp³-hybridized carbons (Fsp3) is 0.654. The molecule has 0 aliphatic carbocycles. The number of anilines is 1. The number of aliphatic hydroxyl groups excluding tert-OH is 1. The molecule has 5 atom stereocenters. The Labute approximate surface area is 221 Å². The van der Waals surface area contributed by atoms with Crippen LogP contribution in [0.15, 0.2) is 24.3 Å². The minimum Gasteiger partial charge on any atom is -0.494 e. The maximum atomic E-state index is 13.7. The smallest absolute Gasteiger partial charge is 0.244 e. The molecule has 1 aromatic carbocycles. The Kier molecular flexibility index (Phi) is 7.94. The lowest BCUT2D eigenvalue weighted by Gasteiger charge is -2.34. The van der Waals surface area contributed by atoms with Gasteiger partial charge in [0.25, 0.3) is 0 Å². The molecular weight excluding hydrogens is 496 g/mol. The number of hydrogen-bond acceptors (Lipinski definition) is 8. The van der Waals surface area contributed by atoms with Crippen LogP contribution in [0.25, 0.3) is 0 Å². The van der Waals surface area contributed by atoms with E-state index >= 15 is 0 Å². The lowest BCUT2D eigenvalue weighted by molar-refractivity contribution is -0.139. The first kappa shape index (κ1) is 26.3. The van der Waals surface area contributed by atoms with Crippen LogP contribution >= 0.6 is 11.8 Å². The topological polar surface area (TPSA) is 120 Å². The third-order valence-corrected chi connectivity index (χ3v) is 9.91. The van der Waals surface area contributed by atoms with Gasteiger partial charge >= 0.3 is 0 Å². The van der Waals surface area contributed by atoms with Crippen molar-refractivity contribution in [2.75, 3.05) is 64.5 Å². The molecule has 1 aromatic rings. The van der Waals surface area contributed by atoms with Crippen molar-refractivity contribution in [1.29, 1.82) is 0 Å². The standard InChI is InChI=1S/C26H36N4O6S/c1-2-36-18-5-3-17(4-6-18)28-23(32)20-19-7-8-26(37-19)21(20)25(34)30(11-14-31)22(26)24(33)27-9-10-29-12-15-35-16-13-29/h3-6,19-22,31H,2,7-16H2,1H3,(H,27,33)(H,28,32)/t19-,20+,21-,22?,26?/m0/s1. The average Bonchev–Trinajstić information content (AvgIpc) is 3.54. The second kappa shape index (κ2) is 11.2. The number of β-amino-alcohol motifs (C(OH)–C–C–N with tert-alkyl or cyclic N) is 1. The predicted octanol–water partition coefficient (Wildman–Crippen LogP) is 0.556. The van der Waals surface area contributed by atoms with Gasteiger partial charge in [-0.05, 0) is 44.0 Å². The minimum atomic E-state index is -0.694. The van der Waals surface area contributed by atoms with Gasteiger partial charge in [-0.3, -0.25) is 19.3 Å². The van der Waals surface area contributed by atoms with Crippen LogP contribution in [0.4, 0.5) is 5.69 Å². The van der Waals surface area contributed by atoms with Crippen molar-refractivity contribution in [2.45, 2.75) is 35.8 Å². The van der Waals surface area contributed by atoms with Crippen LogP contribution in [0.1, 0.15) is 19.8 Å². The number of rotatable bonds is 10. The first-order chi connectivity index (χ1) is 18.0. The van der Waals surface area contributed by atoms with Crippen LogP contribution in [-0.4, -0.2) is 108 Å². The molecule has 4 aliphatic heterocycles. The van der Waals surface area contributed by atoms with Crippen molar-refractivity contribution >= 4 is 35.2 Å². The molecule has 10 nitrogen and oxygen atoms in total. The van der Waals surface area contributed by atoms with Gasteiger partial charge < -0.3 is 30.1 Å². The quantitative estimate of drug-likeness (QED) is 0.400. The number of likely N-dealkylation sites (tertiary alicyclic amines) is 1. The molecule has 37 heavy (non-hydrogen) atoms. The summed E-state index contributed by atoms with van der Waals surface area (Å²) in [5, 5.41) is 15.7. The molecule has 4 heterocycles. The number of amides is 3. The second-order valence-corrected chi connectivity index (χ2v) is 11.6. The van der Waals surface area contributed by atoms with E-state index in [-0.39, 0.29) is 36.1 Å². The summed E-state index contributed by atoms with van der Waals surface area (Å²) >= 11 is 1.62. The van der Waals surface area contributed by atoms with Gasteiger partial charge in [-0.15, -0.1) is 11.8 Å². The molecule has 4 aliphatic rings. The highest BCUT2D eigenvalue weighted by Gasteiger charge is 2.73. The maximum Gasteiger partial charge on any atom is 0.244 e. The molecule has 4 saturated heterocycles. The van der Waals surface area contributed by atoms with Gasteiger partial charge in [-0.2, -0.15) is 0 Å². The molecule has 3 N–H and O–H groups in total. The molecule has 0 radical (unpaired) electrons. The third-order valence-electron chi connectivity index (χ3n) is 7.96. The van der Waals surface area contributed by atoms with Gasteiger partial charge in [-0.25, -0.2) is 0 Å². The Morgan fingerprint density at radius 2 is 1.95 bits per heavy atom. The van der Waals surface area contributed by atoms with Gasteiger partial charge in [0.05, 0.1) is 43.0 Å². The summed E-state index contributed by atoms with van der Waals surface area (Å²) in [5.41, 5.74) is 0.644. The highest BCUT2D eigenvalue weighted by atomic mass is 32.2. The van der Waals surface area contributed by atoms with Crippen LogP contribution < -0.4 is 15.4 Å². The predicted molar refractivity (Wildman–Crippen MR) is 139 cm³/mol. The van der Waals surface area contributed by atoms with Crippen molar-refractivity contribution in [3.8, 4) is 5.75 Å². The number of nitrogens with one attached hydrogen (secondary N) is 2. The van der Waals surface area contributed by atoms with E-state index in [1.165, 1.54) is 4.90 Å². The van der Waals surface area contributed by atoms with Crippen molar-refractivity contribution in [3.05, 3.63) is 24.3 Å². The average molecular weight is 533 g/mol. The normalized spacial score (nSPS) is 30.9. The van der Waals surface area contributed by atoms with E-state index in [0.717, 1.165) is 31.8 Å². The Balaban J connectivity index is 1.30. The molecular formula is C26H36N4O6S. The van der Waals surface area contributed by atoms with Crippen LogP contribution in [-0.2, 0) is 19.1 Å². The minimum absolute atomic E-state index is 0.0171. The molecule has 0 aromatic heterocycles. The molecule has 2 bridgehead atoms. The zero-order valence-corrected chi connectivity index (χ0v) is 22.0. The molecule has 202 valence electrons. The number of carbonyl (C=O) groups is 3. The Hall–Kier alpha value is -2.34. The first-order valence-electron chi connectivity index (χ1n) is 13.2. The van der Waals surface area contributed by atoms with Gasteiger partial charge in [0.15, 0.2) is 0 Å². The first-order valence-corrected chi connectivity index (χ1v) is 14.1. The van der Waals surface area contributed by atoms with E-state index in [2.05, 4.69) is 15.5 Å². The Morgan fingerprint density at radius 1 is 1.19 bits per heavy atom. The molecule has 5 rings (SSSR count). The van der Waals surface area contributed by atoms with Crippen LogP contribution in [0.3, 0.4) is 0 Å². The van der Waals surface area contributed by atoms with Crippen LogP contribution in [0.2, 0.25) is 0 Å². The maximum absolute atomic E-state index is 13.7. The molecule has 1 spiro atoms. The summed E-state index contributed by atoms with van der Waals surface area (Å²) in [6, 6.07) is 6.49. The van der Waals surface area contributed by atoms with E-state index in [0.29, 0.717) is 38.5 Å². The number of aliphatic hydroxyl groups is 1. The molecule has 3 amide bonds. The lowest BCUT2D eigenvalue weighted by atomic mass is 9.70. The fourth-order valence-electron chi connectivity index (χ4n) is 6.39. The molecule has 0 saturated carbocycles. The van der Waals surface area contributed by atoms with Crippen molar-refractivity contribution in [1.82, 2.24) is 15.1 Å². The van der Waals surface area contributed by atoms with Crippen LogP contribution in [0, 0.1) is 11.8 Å². The summed E-state index contributed by atoms with van der Waals surface area (Å²) in [5.74, 6) is -0.977. The number of ether oxygens (including phenoxy) is 2. The second-order valence-electron chi connectivity index (χ2n) is 10.0.